The lowest BCUT2D eigenvalue weighted by molar-refractivity contribution is 0.0582. The van der Waals surface area contributed by atoms with Gasteiger partial charge in [-0.15, -0.1) is 11.6 Å². The number of amides is 1. The maximum absolute atomic E-state index is 13.0. The Balaban J connectivity index is 1.81. The number of halogens is 1. The molecule has 0 aliphatic carbocycles. The molecule has 0 aromatic heterocycles. The van der Waals surface area contributed by atoms with Crippen LogP contribution in [-0.2, 0) is 11.3 Å². The molecule has 1 aliphatic rings. The molecule has 5 nitrogen and oxygen atoms in total. The summed E-state index contributed by atoms with van der Waals surface area (Å²) in [6, 6.07) is 17.7. The molecule has 0 radical (unpaired) electrons. The van der Waals surface area contributed by atoms with Gasteiger partial charge in [0.05, 0.1) is 5.69 Å². The average Bonchev–Trinajstić information content (AvgIpc) is 3.10. The van der Waals surface area contributed by atoms with E-state index in [1.54, 1.807) is 4.90 Å². The second-order valence-electron chi connectivity index (χ2n) is 8.83. The van der Waals surface area contributed by atoms with Gasteiger partial charge in [-0.2, -0.15) is 0 Å². The Morgan fingerprint density at radius 1 is 1.13 bits per heavy atom. The first-order valence-electron chi connectivity index (χ1n) is 10.4. The van der Waals surface area contributed by atoms with Crippen LogP contribution in [0, 0.1) is 0 Å². The first kappa shape index (κ1) is 21.3. The lowest BCUT2D eigenvalue weighted by Gasteiger charge is -2.25. The van der Waals surface area contributed by atoms with Gasteiger partial charge in [-0.3, -0.25) is 4.90 Å². The summed E-state index contributed by atoms with van der Waals surface area (Å²) >= 11 is 6.32. The van der Waals surface area contributed by atoms with E-state index in [1.165, 1.54) is 0 Å². The van der Waals surface area contributed by atoms with Gasteiger partial charge in [-0.05, 0) is 55.5 Å². The zero-order chi connectivity index (χ0) is 22.2. The van der Waals surface area contributed by atoms with E-state index in [1.807, 2.05) is 75.4 Å². The SMILES string of the molecule is CC(C)(C)OC(=O)N1CC(CCl)c2c1cc(OCc1ccccc1)c1ccc(N)cc21. The highest BCUT2D eigenvalue weighted by Crippen LogP contribution is 2.46. The van der Waals surface area contributed by atoms with Crippen molar-refractivity contribution in [3.63, 3.8) is 0 Å². The number of alkyl halides is 1. The average molecular weight is 439 g/mol. The molecule has 1 amide bonds. The van der Waals surface area contributed by atoms with Crippen molar-refractivity contribution < 1.29 is 14.3 Å². The van der Waals surface area contributed by atoms with Gasteiger partial charge in [0.2, 0.25) is 0 Å². The van der Waals surface area contributed by atoms with Crippen LogP contribution < -0.4 is 15.4 Å². The van der Waals surface area contributed by atoms with Crippen LogP contribution in [0.15, 0.2) is 54.6 Å². The summed E-state index contributed by atoms with van der Waals surface area (Å²) in [7, 11) is 0. The van der Waals surface area contributed by atoms with Crippen molar-refractivity contribution in [3.8, 4) is 5.75 Å². The third-order valence-electron chi connectivity index (χ3n) is 5.28. The topological polar surface area (TPSA) is 64.8 Å². The lowest BCUT2D eigenvalue weighted by Crippen LogP contribution is -2.36. The molecule has 31 heavy (non-hydrogen) atoms. The summed E-state index contributed by atoms with van der Waals surface area (Å²) in [5.74, 6) is 1.07. The summed E-state index contributed by atoms with van der Waals surface area (Å²) in [5, 5.41) is 1.90. The first-order chi connectivity index (χ1) is 14.8. The summed E-state index contributed by atoms with van der Waals surface area (Å²) < 4.78 is 11.9. The number of hydrogen-bond acceptors (Lipinski definition) is 4. The molecule has 1 unspecified atom stereocenters. The van der Waals surface area contributed by atoms with Gasteiger partial charge < -0.3 is 15.2 Å². The molecule has 3 aromatic carbocycles. The molecule has 0 spiro atoms. The number of ether oxygens (including phenoxy) is 2. The van der Waals surface area contributed by atoms with Gasteiger partial charge in [0.25, 0.3) is 0 Å². The van der Waals surface area contributed by atoms with Crippen LogP contribution in [0.4, 0.5) is 16.2 Å². The zero-order valence-electron chi connectivity index (χ0n) is 18.0. The number of rotatable bonds is 4. The molecule has 0 saturated carbocycles. The van der Waals surface area contributed by atoms with Gasteiger partial charge in [-0.25, -0.2) is 4.79 Å². The van der Waals surface area contributed by atoms with Crippen molar-refractivity contribution in [3.05, 3.63) is 65.7 Å². The van der Waals surface area contributed by atoms with Crippen LogP contribution in [0.5, 0.6) is 5.75 Å². The molecular weight excluding hydrogens is 412 g/mol. The molecule has 6 heteroatoms. The molecule has 2 N–H and O–H groups in total. The van der Waals surface area contributed by atoms with Crippen molar-refractivity contribution in [1.29, 1.82) is 0 Å². The van der Waals surface area contributed by atoms with Crippen molar-refractivity contribution in [1.82, 2.24) is 0 Å². The maximum Gasteiger partial charge on any atom is 0.414 e. The normalized spacial score (nSPS) is 15.7. The van der Waals surface area contributed by atoms with E-state index in [0.29, 0.717) is 30.5 Å². The summed E-state index contributed by atoms with van der Waals surface area (Å²) in [4.78, 5) is 14.6. The van der Waals surface area contributed by atoms with Gasteiger partial charge in [-0.1, -0.05) is 30.3 Å². The third kappa shape index (κ3) is 4.42. The number of nitrogens with two attached hydrogens (primary N) is 1. The molecule has 0 saturated heterocycles. The fourth-order valence-corrected chi connectivity index (χ4v) is 4.20. The highest BCUT2D eigenvalue weighted by molar-refractivity contribution is 6.19. The molecule has 0 fully saturated rings. The van der Waals surface area contributed by atoms with E-state index in [2.05, 4.69) is 0 Å². The Morgan fingerprint density at radius 3 is 2.55 bits per heavy atom. The molecule has 0 bridgehead atoms. The maximum atomic E-state index is 13.0. The Bertz CT molecular complexity index is 1110. The highest BCUT2D eigenvalue weighted by Gasteiger charge is 2.36. The number of nitrogens with zero attached hydrogens (tertiary/aromatic N) is 1. The minimum absolute atomic E-state index is 0.0170. The van der Waals surface area contributed by atoms with Gasteiger partial charge in [0.1, 0.15) is 18.0 Å². The number of benzene rings is 3. The summed E-state index contributed by atoms with van der Waals surface area (Å²) in [5.41, 5.74) is 9.02. The van der Waals surface area contributed by atoms with Crippen LogP contribution in [0.2, 0.25) is 0 Å². The standard InChI is InChI=1S/C25H27ClN2O3/c1-25(2,3)31-24(29)28-14-17(13-26)23-20-11-18(27)9-10-19(20)22(12-21(23)28)30-15-16-7-5-4-6-8-16/h4-12,17H,13-15,27H2,1-3H3. The van der Waals surface area contributed by atoms with E-state index in [0.717, 1.165) is 27.6 Å². The monoisotopic (exact) mass is 438 g/mol. The minimum Gasteiger partial charge on any atom is -0.488 e. The number of fused-ring (bicyclic) bond motifs is 3. The molecule has 162 valence electrons. The smallest absolute Gasteiger partial charge is 0.414 e. The van der Waals surface area contributed by atoms with Gasteiger partial charge in [0, 0.05) is 35.5 Å². The van der Waals surface area contributed by atoms with Crippen molar-refractivity contribution >= 4 is 39.8 Å². The number of carbonyl (C=O) groups is 1. The molecule has 1 heterocycles. The Morgan fingerprint density at radius 2 is 1.87 bits per heavy atom. The van der Waals surface area contributed by atoms with Gasteiger partial charge in [0.15, 0.2) is 0 Å². The second-order valence-corrected chi connectivity index (χ2v) is 9.14. The molecule has 1 aliphatic heterocycles. The lowest BCUT2D eigenvalue weighted by atomic mass is 9.95. The Hall–Kier alpha value is -2.92. The number of carbonyl (C=O) groups excluding carboxylic acids is 1. The Kier molecular flexibility index (Phi) is 5.71. The fraction of sp³-hybridized carbons (Fsp3) is 0.320. The van der Waals surface area contributed by atoms with Crippen LogP contribution in [0.3, 0.4) is 0 Å². The van der Waals surface area contributed by atoms with Crippen LogP contribution in [0.1, 0.15) is 37.8 Å². The van der Waals surface area contributed by atoms with E-state index in [4.69, 9.17) is 26.8 Å². The van der Waals surface area contributed by atoms with Crippen molar-refractivity contribution in [2.24, 2.45) is 0 Å². The summed E-state index contributed by atoms with van der Waals surface area (Å²) in [6.45, 7) is 6.45. The van der Waals surface area contributed by atoms with Crippen LogP contribution in [-0.4, -0.2) is 24.1 Å². The summed E-state index contributed by atoms with van der Waals surface area (Å²) in [6.07, 6.45) is -0.390. The fourth-order valence-electron chi connectivity index (χ4n) is 3.95. The van der Waals surface area contributed by atoms with E-state index in [-0.39, 0.29) is 5.92 Å². The zero-order valence-corrected chi connectivity index (χ0v) is 18.8. The van der Waals surface area contributed by atoms with E-state index < -0.39 is 11.7 Å². The number of anilines is 2. The largest absolute Gasteiger partial charge is 0.488 e. The predicted octanol–water partition coefficient (Wildman–Crippen LogP) is 6.08. The Labute approximate surface area is 187 Å². The number of hydrogen-bond donors (Lipinski definition) is 1. The van der Waals surface area contributed by atoms with E-state index >= 15 is 0 Å². The van der Waals surface area contributed by atoms with Crippen LogP contribution in [0.25, 0.3) is 10.8 Å². The van der Waals surface area contributed by atoms with Crippen molar-refractivity contribution in [2.45, 2.75) is 38.9 Å². The second kappa shape index (κ2) is 8.31. The van der Waals surface area contributed by atoms with E-state index in [9.17, 15) is 4.79 Å². The van der Waals surface area contributed by atoms with Crippen LogP contribution >= 0.6 is 11.6 Å². The molecular formula is C25H27ClN2O3. The van der Waals surface area contributed by atoms with Crippen molar-refractivity contribution in [2.75, 3.05) is 23.1 Å². The quantitative estimate of drug-likeness (QED) is 0.396. The molecule has 1 atom stereocenters. The molecule has 3 aromatic rings. The first-order valence-corrected chi connectivity index (χ1v) is 10.9. The molecule has 4 rings (SSSR count). The highest BCUT2D eigenvalue weighted by atomic mass is 35.5. The van der Waals surface area contributed by atoms with Gasteiger partial charge >= 0.3 is 6.09 Å². The third-order valence-corrected chi connectivity index (χ3v) is 5.65. The predicted molar refractivity (Wildman–Crippen MR) is 126 cm³/mol. The number of nitrogen functional groups attached to an aromatic ring is 1. The minimum atomic E-state index is -0.593.